The molecule has 1 heterocycles. The minimum absolute atomic E-state index is 0.269. The first-order valence-electron chi connectivity index (χ1n) is 7.73. The second-order valence-corrected chi connectivity index (χ2v) is 6.43. The van der Waals surface area contributed by atoms with Crippen molar-refractivity contribution in [3.8, 4) is 0 Å². The van der Waals surface area contributed by atoms with Gasteiger partial charge >= 0.3 is 0 Å². The van der Waals surface area contributed by atoms with Crippen molar-refractivity contribution in [1.29, 1.82) is 0 Å². The van der Waals surface area contributed by atoms with Crippen LogP contribution in [0.4, 0.5) is 17.2 Å². The van der Waals surface area contributed by atoms with E-state index >= 15 is 0 Å². The molecule has 1 amide bonds. The van der Waals surface area contributed by atoms with E-state index in [0.29, 0.717) is 5.82 Å². The third kappa shape index (κ3) is 4.03. The van der Waals surface area contributed by atoms with Crippen LogP contribution in [0.3, 0.4) is 0 Å². The number of amides is 1. The maximum absolute atomic E-state index is 12.3. The number of rotatable bonds is 4. The molecule has 0 unspecified atom stereocenters. The van der Waals surface area contributed by atoms with Crippen LogP contribution in [-0.2, 0) is 0 Å². The summed E-state index contributed by atoms with van der Waals surface area (Å²) >= 11 is 3.44. The first-order chi connectivity index (χ1) is 12.0. The van der Waals surface area contributed by atoms with Crippen molar-refractivity contribution >= 4 is 39.0 Å². The van der Waals surface area contributed by atoms with Crippen molar-refractivity contribution in [2.45, 2.75) is 6.92 Å². The summed E-state index contributed by atoms with van der Waals surface area (Å²) in [5.41, 5.74) is 3.03. The van der Waals surface area contributed by atoms with Gasteiger partial charge in [0.15, 0.2) is 5.82 Å². The molecule has 0 aliphatic rings. The molecule has 1 N–H and O–H groups in total. The van der Waals surface area contributed by atoms with Crippen LogP contribution < -0.4 is 10.2 Å². The maximum atomic E-state index is 12.3. The van der Waals surface area contributed by atoms with E-state index in [9.17, 15) is 4.79 Å². The molecule has 0 aliphatic carbocycles. The summed E-state index contributed by atoms with van der Waals surface area (Å²) < 4.78 is 0.999. The van der Waals surface area contributed by atoms with Crippen LogP contribution in [0.15, 0.2) is 65.4 Å². The summed E-state index contributed by atoms with van der Waals surface area (Å²) in [5.74, 6) is 0.380. The molecule has 3 aromatic rings. The number of anilines is 3. The molecule has 0 radical (unpaired) electrons. The molecule has 0 saturated heterocycles. The molecular weight excluding hydrogens is 380 g/mol. The minimum Gasteiger partial charge on any atom is -0.328 e. The van der Waals surface area contributed by atoms with Gasteiger partial charge in [-0.2, -0.15) is 0 Å². The van der Waals surface area contributed by atoms with Crippen molar-refractivity contribution in [3.05, 3.63) is 76.7 Å². The monoisotopic (exact) mass is 396 g/mol. The standard InChI is InChI=1S/C19H17BrN4O/c1-13-10-14(8-9-16(13)20)23-19(25)17-11-22-18(12-21-17)24(2)15-6-4-3-5-7-15/h3-12H,1-2H3,(H,23,25). The molecule has 2 aromatic carbocycles. The number of halogens is 1. The minimum atomic E-state index is -0.289. The van der Waals surface area contributed by atoms with Crippen LogP contribution in [0.5, 0.6) is 0 Å². The smallest absolute Gasteiger partial charge is 0.275 e. The predicted molar refractivity (Wildman–Crippen MR) is 103 cm³/mol. The Morgan fingerprint density at radius 1 is 1.08 bits per heavy atom. The van der Waals surface area contributed by atoms with Gasteiger partial charge in [0.2, 0.25) is 0 Å². The molecule has 5 nitrogen and oxygen atoms in total. The molecular formula is C19H17BrN4O. The summed E-state index contributed by atoms with van der Waals surface area (Å²) in [6.07, 6.45) is 3.07. The van der Waals surface area contributed by atoms with Gasteiger partial charge < -0.3 is 10.2 Å². The SMILES string of the molecule is Cc1cc(NC(=O)c2cnc(N(C)c3ccccc3)cn2)ccc1Br. The Hall–Kier alpha value is -2.73. The number of aromatic nitrogens is 2. The lowest BCUT2D eigenvalue weighted by molar-refractivity contribution is 0.102. The highest BCUT2D eigenvalue weighted by Crippen LogP contribution is 2.21. The van der Waals surface area contributed by atoms with E-state index < -0.39 is 0 Å². The van der Waals surface area contributed by atoms with Crippen LogP contribution >= 0.6 is 15.9 Å². The van der Waals surface area contributed by atoms with Gasteiger partial charge in [-0.25, -0.2) is 9.97 Å². The van der Waals surface area contributed by atoms with Crippen molar-refractivity contribution in [2.75, 3.05) is 17.3 Å². The second-order valence-electron chi connectivity index (χ2n) is 5.57. The average Bonchev–Trinajstić information content (AvgIpc) is 2.65. The van der Waals surface area contributed by atoms with Gasteiger partial charge in [0.25, 0.3) is 5.91 Å². The van der Waals surface area contributed by atoms with Crippen LogP contribution in [0, 0.1) is 6.92 Å². The zero-order valence-corrected chi connectivity index (χ0v) is 15.5. The number of carbonyl (C=O) groups excluding carboxylic acids is 1. The number of nitrogens with one attached hydrogen (secondary N) is 1. The first-order valence-corrected chi connectivity index (χ1v) is 8.52. The van der Waals surface area contributed by atoms with Gasteiger partial charge in [-0.3, -0.25) is 4.79 Å². The molecule has 1 aromatic heterocycles. The normalized spacial score (nSPS) is 10.4. The zero-order chi connectivity index (χ0) is 17.8. The van der Waals surface area contributed by atoms with Gasteiger partial charge in [-0.05, 0) is 42.8 Å². The summed E-state index contributed by atoms with van der Waals surface area (Å²) in [5, 5.41) is 2.83. The summed E-state index contributed by atoms with van der Waals surface area (Å²) in [7, 11) is 1.91. The van der Waals surface area contributed by atoms with Crippen molar-refractivity contribution < 1.29 is 4.79 Å². The highest BCUT2D eigenvalue weighted by molar-refractivity contribution is 9.10. The fraction of sp³-hybridized carbons (Fsp3) is 0.105. The first kappa shape index (κ1) is 17.1. The highest BCUT2D eigenvalue weighted by Gasteiger charge is 2.11. The Kier molecular flexibility index (Phi) is 5.09. The Labute approximate surface area is 154 Å². The third-order valence-electron chi connectivity index (χ3n) is 3.77. The molecule has 0 atom stereocenters. The van der Waals surface area contributed by atoms with E-state index in [1.54, 1.807) is 6.20 Å². The zero-order valence-electron chi connectivity index (χ0n) is 13.9. The van der Waals surface area contributed by atoms with E-state index in [0.717, 1.165) is 21.4 Å². The molecule has 0 bridgehead atoms. The Morgan fingerprint density at radius 2 is 1.84 bits per heavy atom. The van der Waals surface area contributed by atoms with Gasteiger partial charge in [0, 0.05) is 22.9 Å². The van der Waals surface area contributed by atoms with E-state index in [4.69, 9.17) is 0 Å². The number of para-hydroxylation sites is 1. The Morgan fingerprint density at radius 3 is 2.48 bits per heavy atom. The maximum Gasteiger partial charge on any atom is 0.275 e. The predicted octanol–water partition coefficient (Wildman–Crippen LogP) is 4.57. The molecule has 0 saturated carbocycles. The van der Waals surface area contributed by atoms with Crippen molar-refractivity contribution in [1.82, 2.24) is 9.97 Å². The summed E-state index contributed by atoms with van der Waals surface area (Å²) in [6.45, 7) is 1.97. The van der Waals surface area contributed by atoms with Gasteiger partial charge in [0.1, 0.15) is 5.69 Å². The fourth-order valence-corrected chi connectivity index (χ4v) is 2.56. The molecule has 0 aliphatic heterocycles. The van der Waals surface area contributed by atoms with E-state index in [1.807, 2.05) is 67.4 Å². The van der Waals surface area contributed by atoms with Crippen LogP contribution in [-0.4, -0.2) is 22.9 Å². The average molecular weight is 397 g/mol. The number of carbonyl (C=O) groups is 1. The Bertz CT molecular complexity index is 882. The molecule has 0 fully saturated rings. The van der Waals surface area contributed by atoms with Crippen LogP contribution in [0.2, 0.25) is 0 Å². The fourth-order valence-electron chi connectivity index (χ4n) is 2.31. The second kappa shape index (κ2) is 7.44. The lowest BCUT2D eigenvalue weighted by atomic mass is 10.2. The molecule has 3 rings (SSSR count). The quantitative estimate of drug-likeness (QED) is 0.701. The van der Waals surface area contributed by atoms with Crippen molar-refractivity contribution in [3.63, 3.8) is 0 Å². The lowest BCUT2D eigenvalue weighted by Gasteiger charge is -2.17. The number of aryl methyl sites for hydroxylation is 1. The molecule has 0 spiro atoms. The number of hydrogen-bond acceptors (Lipinski definition) is 4. The lowest BCUT2D eigenvalue weighted by Crippen LogP contribution is -2.16. The number of hydrogen-bond donors (Lipinski definition) is 1. The topological polar surface area (TPSA) is 58.1 Å². The number of benzene rings is 2. The molecule has 126 valence electrons. The molecule has 25 heavy (non-hydrogen) atoms. The largest absolute Gasteiger partial charge is 0.328 e. The van der Waals surface area contributed by atoms with E-state index in [-0.39, 0.29) is 11.6 Å². The van der Waals surface area contributed by atoms with Gasteiger partial charge in [-0.15, -0.1) is 0 Å². The summed E-state index contributed by atoms with van der Waals surface area (Å²) in [6, 6.07) is 15.5. The van der Waals surface area contributed by atoms with Gasteiger partial charge in [0.05, 0.1) is 12.4 Å². The van der Waals surface area contributed by atoms with E-state index in [2.05, 4.69) is 31.2 Å². The highest BCUT2D eigenvalue weighted by atomic mass is 79.9. The van der Waals surface area contributed by atoms with Gasteiger partial charge in [-0.1, -0.05) is 34.1 Å². The van der Waals surface area contributed by atoms with Crippen molar-refractivity contribution in [2.24, 2.45) is 0 Å². The summed E-state index contributed by atoms with van der Waals surface area (Å²) in [4.78, 5) is 22.8. The number of nitrogens with zero attached hydrogens (tertiary/aromatic N) is 3. The third-order valence-corrected chi connectivity index (χ3v) is 4.66. The van der Waals surface area contributed by atoms with Crippen LogP contribution in [0.1, 0.15) is 16.1 Å². The van der Waals surface area contributed by atoms with E-state index in [1.165, 1.54) is 6.20 Å². The Balaban J connectivity index is 1.73. The van der Waals surface area contributed by atoms with Crippen LogP contribution in [0.25, 0.3) is 0 Å². The molecule has 6 heteroatoms.